The molecule has 37 heavy (non-hydrogen) atoms. The smallest absolute Gasteiger partial charge is 0.255 e. The van der Waals surface area contributed by atoms with E-state index in [1.54, 1.807) is 6.92 Å². The highest BCUT2D eigenvalue weighted by molar-refractivity contribution is 6.33. The van der Waals surface area contributed by atoms with Crippen LogP contribution in [0.25, 0.3) is 22.5 Å². The van der Waals surface area contributed by atoms with Crippen LogP contribution in [0, 0.1) is 28.9 Å². The number of aromatic nitrogens is 2. The monoisotopic (exact) mass is 525 g/mol. The SMILES string of the molecule is CCC/C=C(\C(F)=NC)c1cc(F)cc(F)c1-c1nc2cc(C(=O)NC3=C(C)C(C#N)C3)ccn2c1Cl. The minimum absolute atomic E-state index is 0.00631. The lowest BCUT2D eigenvalue weighted by Crippen LogP contribution is -2.31. The molecule has 1 atom stereocenters. The Kier molecular flexibility index (Phi) is 7.50. The summed E-state index contributed by atoms with van der Waals surface area (Å²) in [5.74, 6) is -3.33. The zero-order valence-electron chi connectivity index (χ0n) is 20.4. The molecule has 0 radical (unpaired) electrons. The molecule has 4 rings (SSSR count). The van der Waals surface area contributed by atoms with Gasteiger partial charge in [-0.05, 0) is 37.1 Å². The molecule has 1 aliphatic carbocycles. The van der Waals surface area contributed by atoms with Gasteiger partial charge in [0.05, 0.1) is 12.0 Å². The van der Waals surface area contributed by atoms with Gasteiger partial charge in [-0.2, -0.15) is 9.65 Å². The number of hydrogen-bond acceptors (Lipinski definition) is 4. The summed E-state index contributed by atoms with van der Waals surface area (Å²) in [6, 6.07) is 6.86. The summed E-state index contributed by atoms with van der Waals surface area (Å²) in [5, 5.41) is 11.8. The van der Waals surface area contributed by atoms with Crippen molar-refractivity contribution in [2.24, 2.45) is 10.9 Å². The fraction of sp³-hybridized carbons (Fsp3) is 0.259. The number of hydrogen-bond donors (Lipinski definition) is 1. The first-order valence-corrected chi connectivity index (χ1v) is 12.0. The van der Waals surface area contributed by atoms with Crippen molar-refractivity contribution in [3.8, 4) is 17.3 Å². The fourth-order valence-corrected chi connectivity index (χ4v) is 4.43. The van der Waals surface area contributed by atoms with Crippen molar-refractivity contribution in [1.29, 1.82) is 5.26 Å². The van der Waals surface area contributed by atoms with Crippen molar-refractivity contribution >= 4 is 34.7 Å². The van der Waals surface area contributed by atoms with Crippen molar-refractivity contribution in [3.05, 3.63) is 75.7 Å². The summed E-state index contributed by atoms with van der Waals surface area (Å²) in [6.45, 7) is 3.68. The maximum atomic E-state index is 15.2. The molecule has 10 heteroatoms. The Balaban J connectivity index is 1.81. The Morgan fingerprint density at radius 3 is 2.78 bits per heavy atom. The lowest BCUT2D eigenvalue weighted by atomic mass is 9.83. The maximum absolute atomic E-state index is 15.2. The van der Waals surface area contributed by atoms with Gasteiger partial charge in [-0.1, -0.05) is 31.0 Å². The third-order valence-electron chi connectivity index (χ3n) is 6.29. The first-order chi connectivity index (χ1) is 17.7. The quantitative estimate of drug-likeness (QED) is 0.350. The number of imidazole rings is 1. The predicted octanol–water partition coefficient (Wildman–Crippen LogP) is 6.66. The van der Waals surface area contributed by atoms with Gasteiger partial charge < -0.3 is 5.32 Å². The first kappa shape index (κ1) is 26.2. The van der Waals surface area contributed by atoms with Gasteiger partial charge in [-0.3, -0.25) is 14.2 Å². The lowest BCUT2D eigenvalue weighted by molar-refractivity contribution is 0.0961. The number of pyridine rings is 1. The Hall–Kier alpha value is -3.90. The van der Waals surface area contributed by atoms with Crippen molar-refractivity contribution < 1.29 is 18.0 Å². The van der Waals surface area contributed by atoms with Crippen molar-refractivity contribution in [2.75, 3.05) is 7.05 Å². The van der Waals surface area contributed by atoms with Crippen LogP contribution < -0.4 is 5.32 Å². The molecule has 1 aromatic carbocycles. The molecule has 0 bridgehead atoms. The molecule has 1 aliphatic rings. The number of amides is 1. The van der Waals surface area contributed by atoms with Crippen molar-refractivity contribution in [1.82, 2.24) is 14.7 Å². The Morgan fingerprint density at radius 2 is 2.14 bits per heavy atom. The largest absolute Gasteiger partial charge is 0.326 e. The number of unbranched alkanes of at least 4 members (excludes halogenated alkanes) is 1. The van der Waals surface area contributed by atoms with Crippen LogP contribution in [0.4, 0.5) is 13.2 Å². The van der Waals surface area contributed by atoms with E-state index in [0.717, 1.165) is 11.6 Å². The molecule has 6 nitrogen and oxygen atoms in total. The van der Waals surface area contributed by atoms with Crippen LogP contribution >= 0.6 is 11.6 Å². The van der Waals surface area contributed by atoms with Gasteiger partial charge in [-0.15, -0.1) is 0 Å². The van der Waals surface area contributed by atoms with E-state index in [-0.39, 0.29) is 44.7 Å². The number of aliphatic imine (C=N–C) groups is 1. The van der Waals surface area contributed by atoms with E-state index >= 15 is 4.39 Å². The highest BCUT2D eigenvalue weighted by atomic mass is 35.5. The van der Waals surface area contributed by atoms with Crippen LogP contribution in [-0.2, 0) is 0 Å². The lowest BCUT2D eigenvalue weighted by Gasteiger charge is -2.26. The molecule has 1 N–H and O–H groups in total. The van der Waals surface area contributed by atoms with Gasteiger partial charge in [0.1, 0.15) is 28.1 Å². The second-order valence-corrected chi connectivity index (χ2v) is 8.99. The number of fused-ring (bicyclic) bond motifs is 1. The molecule has 1 unspecified atom stereocenters. The third kappa shape index (κ3) is 4.89. The minimum atomic E-state index is -0.969. The number of carbonyl (C=O) groups is 1. The molecule has 2 heterocycles. The van der Waals surface area contributed by atoms with Gasteiger partial charge in [0.25, 0.3) is 5.91 Å². The number of allylic oxidation sites excluding steroid dienone is 4. The molecule has 0 saturated heterocycles. The van der Waals surface area contributed by atoms with Crippen LogP contribution in [0.3, 0.4) is 0 Å². The number of carbonyl (C=O) groups excluding carboxylic acids is 1. The maximum Gasteiger partial charge on any atom is 0.255 e. The predicted molar refractivity (Wildman–Crippen MR) is 137 cm³/mol. The van der Waals surface area contributed by atoms with E-state index in [1.807, 2.05) is 6.92 Å². The van der Waals surface area contributed by atoms with Crippen LogP contribution in [-0.4, -0.2) is 28.3 Å². The topological polar surface area (TPSA) is 82.5 Å². The van der Waals surface area contributed by atoms with Crippen molar-refractivity contribution in [2.45, 2.75) is 33.1 Å². The number of nitrogens with one attached hydrogen (secondary N) is 1. The summed E-state index contributed by atoms with van der Waals surface area (Å²) < 4.78 is 45.7. The number of benzene rings is 1. The van der Waals surface area contributed by atoms with Gasteiger partial charge in [0, 0.05) is 53.7 Å². The molecule has 0 fully saturated rings. The number of nitrogens with zero attached hydrogens (tertiary/aromatic N) is 4. The van der Waals surface area contributed by atoms with Crippen LogP contribution in [0.15, 0.2) is 52.8 Å². The summed E-state index contributed by atoms with van der Waals surface area (Å²) in [5.41, 5.74) is 1.67. The van der Waals surface area contributed by atoms with Gasteiger partial charge >= 0.3 is 0 Å². The summed E-state index contributed by atoms with van der Waals surface area (Å²) >= 11 is 6.55. The number of halogens is 4. The van der Waals surface area contributed by atoms with E-state index in [1.165, 1.54) is 35.9 Å². The van der Waals surface area contributed by atoms with Gasteiger partial charge in [0.15, 0.2) is 0 Å². The molecule has 190 valence electrons. The molecular weight excluding hydrogens is 503 g/mol. The highest BCUT2D eigenvalue weighted by Crippen LogP contribution is 2.38. The minimum Gasteiger partial charge on any atom is -0.326 e. The van der Waals surface area contributed by atoms with E-state index in [0.29, 0.717) is 31.0 Å². The summed E-state index contributed by atoms with van der Waals surface area (Å²) in [6.07, 6.45) is 4.64. The molecule has 0 aliphatic heterocycles. The average molecular weight is 526 g/mol. The standard InChI is InChI=1S/C27H23ClF3N5O/c1-4-5-6-18(26(31)33-3)19-11-17(29)12-20(30)23(19)24-25(28)36-8-7-15(10-22(36)35-24)27(37)34-21-9-16(13-32)14(21)2/h6-8,10-12,16H,4-5,9H2,1-3H3,(H,34,37)/b18-6-,33-26?. The molecule has 0 spiro atoms. The number of nitriles is 1. The zero-order chi connectivity index (χ0) is 26.9. The second-order valence-electron chi connectivity index (χ2n) is 8.63. The van der Waals surface area contributed by atoms with E-state index in [2.05, 4.69) is 21.4 Å². The number of rotatable bonds is 7. The Morgan fingerprint density at radius 1 is 1.38 bits per heavy atom. The summed E-state index contributed by atoms with van der Waals surface area (Å²) in [7, 11) is 1.25. The van der Waals surface area contributed by atoms with Crippen LogP contribution in [0.1, 0.15) is 49.0 Å². The highest BCUT2D eigenvalue weighted by Gasteiger charge is 2.28. The van der Waals surface area contributed by atoms with Crippen LogP contribution in [0.2, 0.25) is 5.15 Å². The van der Waals surface area contributed by atoms with Crippen molar-refractivity contribution in [3.63, 3.8) is 0 Å². The van der Waals surface area contributed by atoms with Gasteiger partial charge in [-0.25, -0.2) is 13.8 Å². The van der Waals surface area contributed by atoms with Crippen LogP contribution in [0.5, 0.6) is 0 Å². The summed E-state index contributed by atoms with van der Waals surface area (Å²) in [4.78, 5) is 20.8. The fourth-order valence-electron chi connectivity index (χ4n) is 4.15. The average Bonchev–Trinajstić information content (AvgIpc) is 3.20. The molecule has 3 aromatic rings. The first-order valence-electron chi connectivity index (χ1n) is 11.6. The molecule has 0 saturated carbocycles. The van der Waals surface area contributed by atoms with E-state index < -0.39 is 23.5 Å². The molecule has 2 aromatic heterocycles. The Labute approximate surface area is 216 Å². The third-order valence-corrected chi connectivity index (χ3v) is 6.66. The molecular formula is C27H23ClF3N5O. The molecule has 1 amide bonds. The second kappa shape index (κ2) is 10.6. The Bertz CT molecular complexity index is 1550. The van der Waals surface area contributed by atoms with E-state index in [9.17, 15) is 13.6 Å². The van der Waals surface area contributed by atoms with Gasteiger partial charge in [0.2, 0.25) is 5.97 Å². The zero-order valence-corrected chi connectivity index (χ0v) is 21.1. The van der Waals surface area contributed by atoms with E-state index in [4.69, 9.17) is 16.9 Å². The normalized spacial score (nSPS) is 16.1.